The third kappa shape index (κ3) is 4.51. The smallest absolute Gasteiger partial charge is 0.258 e. The molecular formula is C23H25N5O2. The number of hydrogen-bond donors (Lipinski definition) is 2. The number of nitrogens with zero attached hydrogens (tertiary/aromatic N) is 3. The van der Waals surface area contributed by atoms with Gasteiger partial charge in [0.15, 0.2) is 6.61 Å². The highest BCUT2D eigenvalue weighted by Crippen LogP contribution is 2.24. The van der Waals surface area contributed by atoms with E-state index in [0.717, 1.165) is 34.3 Å². The molecule has 2 N–H and O–H groups in total. The molecule has 0 aliphatic rings. The lowest BCUT2D eigenvalue weighted by molar-refractivity contribution is -0.123. The van der Waals surface area contributed by atoms with Crippen LogP contribution in [0.2, 0.25) is 0 Å². The second-order valence-corrected chi connectivity index (χ2v) is 7.65. The van der Waals surface area contributed by atoms with E-state index in [-0.39, 0.29) is 18.6 Å². The summed E-state index contributed by atoms with van der Waals surface area (Å²) in [7, 11) is 1.96. The van der Waals surface area contributed by atoms with Gasteiger partial charge in [-0.2, -0.15) is 10.2 Å². The molecule has 7 heteroatoms. The van der Waals surface area contributed by atoms with Gasteiger partial charge in [0, 0.05) is 36.2 Å². The van der Waals surface area contributed by atoms with Crippen LogP contribution in [0.3, 0.4) is 0 Å². The molecule has 0 atom stereocenters. The van der Waals surface area contributed by atoms with E-state index >= 15 is 0 Å². The Bertz CT molecular complexity index is 1160. The lowest BCUT2D eigenvalue weighted by atomic mass is 10.1. The van der Waals surface area contributed by atoms with E-state index in [9.17, 15) is 4.79 Å². The molecular weight excluding hydrogens is 378 g/mol. The van der Waals surface area contributed by atoms with Crippen molar-refractivity contribution in [2.45, 2.75) is 26.3 Å². The standard InChI is InChI=1S/C23H25N5O2/c1-15(2)25-23(29)14-30-20-7-5-17(6-8-20)22-12-19(28(3)27-22)11-16-4-9-21-18(10-16)13-24-26-21/h4-10,12-13,15H,11,14H2,1-3H3,(H,24,26)(H,25,29). The Labute approximate surface area is 175 Å². The summed E-state index contributed by atoms with van der Waals surface area (Å²) in [6.45, 7) is 3.85. The number of nitrogens with one attached hydrogen (secondary N) is 2. The number of amides is 1. The molecule has 0 radical (unpaired) electrons. The van der Waals surface area contributed by atoms with E-state index in [1.165, 1.54) is 5.56 Å². The summed E-state index contributed by atoms with van der Waals surface area (Å²) in [4.78, 5) is 11.7. The predicted molar refractivity (Wildman–Crippen MR) is 116 cm³/mol. The largest absolute Gasteiger partial charge is 0.484 e. The number of ether oxygens (including phenoxy) is 1. The molecule has 4 aromatic rings. The normalized spacial score (nSPS) is 11.2. The zero-order chi connectivity index (χ0) is 21.1. The van der Waals surface area contributed by atoms with E-state index in [1.807, 2.05) is 56.0 Å². The summed E-state index contributed by atoms with van der Waals surface area (Å²) in [5.74, 6) is 0.527. The summed E-state index contributed by atoms with van der Waals surface area (Å²) in [5, 5.41) is 15.6. The molecule has 0 aliphatic carbocycles. The van der Waals surface area contributed by atoms with Crippen LogP contribution >= 0.6 is 0 Å². The Balaban J connectivity index is 1.43. The second-order valence-electron chi connectivity index (χ2n) is 7.65. The van der Waals surface area contributed by atoms with Crippen LogP contribution in [0.5, 0.6) is 5.75 Å². The first-order valence-electron chi connectivity index (χ1n) is 9.95. The van der Waals surface area contributed by atoms with Gasteiger partial charge in [-0.1, -0.05) is 6.07 Å². The highest BCUT2D eigenvalue weighted by molar-refractivity contribution is 5.78. The molecule has 0 saturated heterocycles. The summed E-state index contributed by atoms with van der Waals surface area (Å²) in [5.41, 5.74) is 5.27. The third-order valence-electron chi connectivity index (χ3n) is 4.84. The molecule has 0 unspecified atom stereocenters. The molecule has 7 nitrogen and oxygen atoms in total. The molecule has 0 fully saturated rings. The van der Waals surface area contributed by atoms with Crippen LogP contribution in [-0.4, -0.2) is 38.5 Å². The van der Waals surface area contributed by atoms with Crippen molar-refractivity contribution in [2.24, 2.45) is 7.05 Å². The first-order chi connectivity index (χ1) is 14.5. The maximum Gasteiger partial charge on any atom is 0.258 e. The fourth-order valence-corrected chi connectivity index (χ4v) is 3.36. The molecule has 0 spiro atoms. The topological polar surface area (TPSA) is 84.8 Å². The first-order valence-corrected chi connectivity index (χ1v) is 9.95. The van der Waals surface area contributed by atoms with Gasteiger partial charge in [-0.25, -0.2) is 0 Å². The summed E-state index contributed by atoms with van der Waals surface area (Å²) in [6, 6.07) is 16.1. The molecule has 30 heavy (non-hydrogen) atoms. The van der Waals surface area contributed by atoms with E-state index in [1.54, 1.807) is 0 Å². The van der Waals surface area contributed by atoms with Crippen LogP contribution < -0.4 is 10.1 Å². The number of aryl methyl sites for hydroxylation is 1. The van der Waals surface area contributed by atoms with Gasteiger partial charge < -0.3 is 10.1 Å². The SMILES string of the molecule is CC(C)NC(=O)COc1ccc(-c2cc(Cc3ccc4[nH]ncc4c3)n(C)n2)cc1. The molecule has 1 amide bonds. The van der Waals surface area contributed by atoms with Gasteiger partial charge >= 0.3 is 0 Å². The van der Waals surface area contributed by atoms with E-state index in [4.69, 9.17) is 4.74 Å². The van der Waals surface area contributed by atoms with Crippen molar-refractivity contribution < 1.29 is 9.53 Å². The molecule has 2 heterocycles. The molecule has 0 bridgehead atoms. The number of rotatable bonds is 7. The van der Waals surface area contributed by atoms with Crippen molar-refractivity contribution in [1.29, 1.82) is 0 Å². The van der Waals surface area contributed by atoms with Gasteiger partial charge in [-0.15, -0.1) is 0 Å². The Morgan fingerprint density at radius 2 is 1.97 bits per heavy atom. The Morgan fingerprint density at radius 3 is 2.73 bits per heavy atom. The van der Waals surface area contributed by atoms with Crippen LogP contribution in [0.4, 0.5) is 0 Å². The number of aromatic nitrogens is 4. The van der Waals surface area contributed by atoms with E-state index in [0.29, 0.717) is 5.75 Å². The van der Waals surface area contributed by atoms with E-state index in [2.05, 4.69) is 44.9 Å². The van der Waals surface area contributed by atoms with Crippen molar-refractivity contribution >= 4 is 16.8 Å². The zero-order valence-electron chi connectivity index (χ0n) is 17.3. The summed E-state index contributed by atoms with van der Waals surface area (Å²) >= 11 is 0. The monoisotopic (exact) mass is 403 g/mol. The third-order valence-corrected chi connectivity index (χ3v) is 4.84. The van der Waals surface area contributed by atoms with Gasteiger partial charge in [0.05, 0.1) is 17.4 Å². The lowest BCUT2D eigenvalue weighted by Gasteiger charge is -2.09. The predicted octanol–water partition coefficient (Wildman–Crippen LogP) is 3.46. The van der Waals surface area contributed by atoms with Crippen LogP contribution in [0.1, 0.15) is 25.1 Å². The number of carbonyl (C=O) groups is 1. The molecule has 0 saturated carbocycles. The Hall–Kier alpha value is -3.61. The van der Waals surface area contributed by atoms with Crippen LogP contribution in [0, 0.1) is 0 Å². The number of benzene rings is 2. The second kappa shape index (κ2) is 8.41. The fourth-order valence-electron chi connectivity index (χ4n) is 3.36. The minimum atomic E-state index is -0.128. The number of fused-ring (bicyclic) bond motifs is 1. The molecule has 154 valence electrons. The zero-order valence-corrected chi connectivity index (χ0v) is 17.3. The van der Waals surface area contributed by atoms with Crippen LogP contribution in [0.25, 0.3) is 22.2 Å². The molecule has 2 aromatic carbocycles. The molecule has 0 aliphatic heterocycles. The van der Waals surface area contributed by atoms with E-state index < -0.39 is 0 Å². The minimum Gasteiger partial charge on any atom is -0.484 e. The van der Waals surface area contributed by atoms with Crippen molar-refractivity contribution in [3.05, 3.63) is 66.0 Å². The molecule has 4 rings (SSSR count). The van der Waals surface area contributed by atoms with Gasteiger partial charge in [-0.05, 0) is 61.9 Å². The van der Waals surface area contributed by atoms with Crippen molar-refractivity contribution in [2.75, 3.05) is 6.61 Å². The number of carbonyl (C=O) groups excluding carboxylic acids is 1. The number of H-pyrrole nitrogens is 1. The van der Waals surface area contributed by atoms with Crippen LogP contribution in [-0.2, 0) is 18.3 Å². The summed E-state index contributed by atoms with van der Waals surface area (Å²) in [6.07, 6.45) is 2.63. The van der Waals surface area contributed by atoms with Gasteiger partial charge in [0.2, 0.25) is 0 Å². The lowest BCUT2D eigenvalue weighted by Crippen LogP contribution is -2.34. The highest BCUT2D eigenvalue weighted by atomic mass is 16.5. The van der Waals surface area contributed by atoms with Gasteiger partial charge in [-0.3, -0.25) is 14.6 Å². The maximum absolute atomic E-state index is 11.7. The number of hydrogen-bond acceptors (Lipinski definition) is 4. The maximum atomic E-state index is 11.7. The molecule has 2 aromatic heterocycles. The quantitative estimate of drug-likeness (QED) is 0.495. The van der Waals surface area contributed by atoms with Gasteiger partial charge in [0.25, 0.3) is 5.91 Å². The average molecular weight is 403 g/mol. The van der Waals surface area contributed by atoms with Crippen molar-refractivity contribution in [3.63, 3.8) is 0 Å². The number of aromatic amines is 1. The van der Waals surface area contributed by atoms with Crippen molar-refractivity contribution in [1.82, 2.24) is 25.3 Å². The van der Waals surface area contributed by atoms with Crippen LogP contribution in [0.15, 0.2) is 54.7 Å². The highest BCUT2D eigenvalue weighted by Gasteiger charge is 2.10. The summed E-state index contributed by atoms with van der Waals surface area (Å²) < 4.78 is 7.46. The fraction of sp³-hybridized carbons (Fsp3) is 0.261. The minimum absolute atomic E-state index is 0.00622. The Kier molecular flexibility index (Phi) is 5.52. The first kappa shape index (κ1) is 19.7. The Morgan fingerprint density at radius 1 is 1.17 bits per heavy atom. The van der Waals surface area contributed by atoms with Gasteiger partial charge in [0.1, 0.15) is 5.75 Å². The van der Waals surface area contributed by atoms with Crippen molar-refractivity contribution in [3.8, 4) is 17.0 Å². The average Bonchev–Trinajstić information content (AvgIpc) is 3.33.